The first kappa shape index (κ1) is 28.6. The van der Waals surface area contributed by atoms with E-state index >= 15 is 0 Å². The van der Waals surface area contributed by atoms with Gasteiger partial charge in [0.1, 0.15) is 11.7 Å². The number of hydrogen-bond donors (Lipinski definition) is 3. The molecule has 2 aromatic carbocycles. The highest BCUT2D eigenvalue weighted by Gasteiger charge is 2.44. The highest BCUT2D eigenvalue weighted by molar-refractivity contribution is 5.83. The Bertz CT molecular complexity index is 1070. The average molecular weight is 535 g/mol. The first-order chi connectivity index (χ1) is 18.8. The summed E-state index contributed by atoms with van der Waals surface area (Å²) >= 11 is 0. The molecule has 0 unspecified atom stereocenters. The maximum Gasteiger partial charge on any atom is 0.306 e. The molecule has 2 aliphatic rings. The lowest BCUT2D eigenvalue weighted by molar-refractivity contribution is -0.148. The van der Waals surface area contributed by atoms with Crippen LogP contribution in [0.3, 0.4) is 0 Å². The Kier molecular flexibility index (Phi) is 9.64. The van der Waals surface area contributed by atoms with Crippen LogP contribution in [0.1, 0.15) is 50.7 Å². The number of nitrogens with one attached hydrogen (secondary N) is 2. The van der Waals surface area contributed by atoms with Gasteiger partial charge in [0.2, 0.25) is 5.91 Å². The van der Waals surface area contributed by atoms with Crippen LogP contribution in [0.5, 0.6) is 0 Å². The molecule has 0 radical (unpaired) electrons. The predicted octanol–water partition coefficient (Wildman–Crippen LogP) is 3.18. The Morgan fingerprint density at radius 2 is 1.69 bits per heavy atom. The second-order valence-corrected chi connectivity index (χ2v) is 11.0. The van der Waals surface area contributed by atoms with E-state index in [0.717, 1.165) is 26.1 Å². The topological polar surface area (TPSA) is 94.1 Å². The molecule has 1 fully saturated rings. The molecule has 2 aromatic rings. The third-order valence-corrected chi connectivity index (χ3v) is 7.56. The summed E-state index contributed by atoms with van der Waals surface area (Å²) in [4.78, 5) is 30.2. The molecule has 0 saturated carbocycles. The number of nitrogens with zero attached hydrogens (tertiary/aromatic N) is 2. The summed E-state index contributed by atoms with van der Waals surface area (Å²) in [5.41, 5.74) is 0.0141. The molecular weight excluding hydrogens is 492 g/mol. The molecule has 8 heteroatoms. The SMILES string of the molecule is CC(C)[C@H](NC(=O)[C@@H]1C[C@@H](OC(=O)CCCCN2C=CN(C)C2)CN1)C(O)(c1ccccc1)c1ccccc1. The van der Waals surface area contributed by atoms with E-state index in [1.807, 2.05) is 87.8 Å². The van der Waals surface area contributed by atoms with Gasteiger partial charge in [0.05, 0.1) is 18.8 Å². The first-order valence-electron chi connectivity index (χ1n) is 14.0. The highest BCUT2D eigenvalue weighted by Crippen LogP contribution is 2.36. The number of hydrogen-bond acceptors (Lipinski definition) is 7. The van der Waals surface area contributed by atoms with Crippen LogP contribution >= 0.6 is 0 Å². The van der Waals surface area contributed by atoms with Crippen LogP contribution in [0.15, 0.2) is 73.1 Å². The van der Waals surface area contributed by atoms with Crippen molar-refractivity contribution in [2.45, 2.75) is 63.3 Å². The Morgan fingerprint density at radius 1 is 1.05 bits per heavy atom. The molecule has 0 bridgehead atoms. The zero-order chi connectivity index (χ0) is 27.8. The molecule has 210 valence electrons. The summed E-state index contributed by atoms with van der Waals surface area (Å²) in [7, 11) is 2.03. The van der Waals surface area contributed by atoms with Crippen molar-refractivity contribution in [3.05, 3.63) is 84.2 Å². The Labute approximate surface area is 232 Å². The minimum atomic E-state index is -1.42. The van der Waals surface area contributed by atoms with Crippen molar-refractivity contribution >= 4 is 11.9 Å². The quantitative estimate of drug-likeness (QED) is 0.284. The molecule has 3 N–H and O–H groups in total. The van der Waals surface area contributed by atoms with Crippen LogP contribution in [0.4, 0.5) is 0 Å². The van der Waals surface area contributed by atoms with Crippen molar-refractivity contribution < 1.29 is 19.4 Å². The number of unbranched alkanes of at least 4 members (excludes halogenated alkanes) is 1. The van der Waals surface area contributed by atoms with Crippen LogP contribution in [0.2, 0.25) is 0 Å². The van der Waals surface area contributed by atoms with Crippen molar-refractivity contribution in [3.63, 3.8) is 0 Å². The molecule has 2 aliphatic heterocycles. The van der Waals surface area contributed by atoms with Crippen LogP contribution in [-0.2, 0) is 19.9 Å². The molecule has 0 aliphatic carbocycles. The van der Waals surface area contributed by atoms with Crippen LogP contribution in [0.25, 0.3) is 0 Å². The van der Waals surface area contributed by atoms with Crippen molar-refractivity contribution in [2.24, 2.45) is 5.92 Å². The highest BCUT2D eigenvalue weighted by atomic mass is 16.5. The second kappa shape index (κ2) is 13.1. The molecule has 8 nitrogen and oxygen atoms in total. The number of amides is 1. The number of rotatable bonds is 12. The summed E-state index contributed by atoms with van der Waals surface area (Å²) in [5.74, 6) is -0.494. The van der Waals surface area contributed by atoms with E-state index in [4.69, 9.17) is 4.74 Å². The van der Waals surface area contributed by atoms with Gasteiger partial charge in [-0.3, -0.25) is 9.59 Å². The van der Waals surface area contributed by atoms with Gasteiger partial charge in [-0.15, -0.1) is 0 Å². The maximum atomic E-state index is 13.4. The number of carbonyl (C=O) groups excluding carboxylic acids is 2. The zero-order valence-corrected chi connectivity index (χ0v) is 23.3. The number of carbonyl (C=O) groups is 2. The third kappa shape index (κ3) is 7.19. The number of esters is 1. The Hall–Kier alpha value is -3.36. The van der Waals surface area contributed by atoms with Gasteiger partial charge in [0.25, 0.3) is 0 Å². The zero-order valence-electron chi connectivity index (χ0n) is 23.3. The van der Waals surface area contributed by atoms with E-state index in [2.05, 4.69) is 26.6 Å². The molecule has 39 heavy (non-hydrogen) atoms. The molecule has 3 atom stereocenters. The van der Waals surface area contributed by atoms with Gasteiger partial charge in [0, 0.05) is 45.4 Å². The summed E-state index contributed by atoms with van der Waals surface area (Å²) in [5, 5.41) is 18.6. The van der Waals surface area contributed by atoms with Crippen LogP contribution < -0.4 is 10.6 Å². The number of aliphatic hydroxyl groups is 1. The lowest BCUT2D eigenvalue weighted by Crippen LogP contribution is -2.57. The van der Waals surface area contributed by atoms with Crippen LogP contribution in [-0.4, -0.2) is 71.8 Å². The minimum absolute atomic E-state index is 0.0640. The first-order valence-corrected chi connectivity index (χ1v) is 14.0. The molecule has 0 spiro atoms. The summed E-state index contributed by atoms with van der Waals surface area (Å²) in [6.45, 7) is 6.21. The molecule has 0 aromatic heterocycles. The fourth-order valence-electron chi connectivity index (χ4n) is 5.47. The van der Waals surface area contributed by atoms with Gasteiger partial charge in [0.15, 0.2) is 0 Å². The Balaban J connectivity index is 1.32. The van der Waals surface area contributed by atoms with Gasteiger partial charge in [-0.2, -0.15) is 0 Å². The largest absolute Gasteiger partial charge is 0.461 e. The predicted molar refractivity (Wildman–Crippen MR) is 151 cm³/mol. The van der Waals surface area contributed by atoms with Gasteiger partial charge in [-0.1, -0.05) is 74.5 Å². The van der Waals surface area contributed by atoms with E-state index in [0.29, 0.717) is 30.5 Å². The summed E-state index contributed by atoms with van der Waals surface area (Å²) in [6.07, 6.45) is 6.23. The number of ether oxygens (including phenoxy) is 1. The molecule has 2 heterocycles. The molecule has 1 saturated heterocycles. The van der Waals surface area contributed by atoms with Gasteiger partial charge in [-0.25, -0.2) is 0 Å². The lowest BCUT2D eigenvalue weighted by atomic mass is 9.75. The van der Waals surface area contributed by atoms with Gasteiger partial charge >= 0.3 is 5.97 Å². The fourth-order valence-corrected chi connectivity index (χ4v) is 5.47. The molecular formula is C31H42N4O4. The fraction of sp³-hybridized carbons (Fsp3) is 0.484. The van der Waals surface area contributed by atoms with E-state index < -0.39 is 17.7 Å². The van der Waals surface area contributed by atoms with Crippen molar-refractivity contribution in [1.82, 2.24) is 20.4 Å². The van der Waals surface area contributed by atoms with E-state index in [1.165, 1.54) is 0 Å². The Morgan fingerprint density at radius 3 is 2.26 bits per heavy atom. The monoisotopic (exact) mass is 534 g/mol. The van der Waals surface area contributed by atoms with E-state index in [-0.39, 0.29) is 23.9 Å². The summed E-state index contributed by atoms with van der Waals surface area (Å²) < 4.78 is 5.67. The second-order valence-electron chi connectivity index (χ2n) is 11.0. The van der Waals surface area contributed by atoms with Crippen molar-refractivity contribution in [2.75, 3.05) is 26.8 Å². The van der Waals surface area contributed by atoms with Crippen molar-refractivity contribution in [1.29, 1.82) is 0 Å². The molecule has 4 rings (SSSR count). The standard InChI is InChI=1S/C31H42N4O4/c1-23(2)29(31(38,24-12-6-4-7-13-24)25-14-8-5-9-15-25)33-30(37)27-20-26(21-32-27)39-28(36)16-10-11-17-35-19-18-34(3)22-35/h4-9,12-15,18-19,23,26-27,29,32,38H,10-11,16-17,20-22H2,1-3H3,(H,33,37)/t26-,27+,29+/m1/s1. The summed E-state index contributed by atoms with van der Waals surface area (Å²) in [6, 6.07) is 17.8. The third-order valence-electron chi connectivity index (χ3n) is 7.56. The number of benzene rings is 2. The maximum absolute atomic E-state index is 13.4. The average Bonchev–Trinajstić information content (AvgIpc) is 3.58. The van der Waals surface area contributed by atoms with Gasteiger partial charge in [-0.05, 0) is 29.9 Å². The lowest BCUT2D eigenvalue weighted by Gasteiger charge is -2.40. The van der Waals surface area contributed by atoms with Gasteiger partial charge < -0.3 is 30.3 Å². The van der Waals surface area contributed by atoms with Crippen LogP contribution in [0, 0.1) is 5.92 Å². The minimum Gasteiger partial charge on any atom is -0.461 e. The van der Waals surface area contributed by atoms with Crippen molar-refractivity contribution in [3.8, 4) is 0 Å². The normalized spacial score (nSPS) is 19.9. The molecule has 1 amide bonds. The van der Waals surface area contributed by atoms with E-state index in [1.54, 1.807) is 0 Å². The van der Waals surface area contributed by atoms with E-state index in [9.17, 15) is 14.7 Å². The smallest absolute Gasteiger partial charge is 0.306 e.